The van der Waals surface area contributed by atoms with Crippen LogP contribution in [-0.4, -0.2) is 49.9 Å². The molecule has 0 aliphatic carbocycles. The highest BCUT2D eigenvalue weighted by molar-refractivity contribution is 8.04. The van der Waals surface area contributed by atoms with Crippen molar-refractivity contribution < 1.29 is 18.7 Å². The summed E-state index contributed by atoms with van der Waals surface area (Å²) in [6.07, 6.45) is 9.75. The van der Waals surface area contributed by atoms with Gasteiger partial charge in [-0.1, -0.05) is 6.92 Å². The zero-order valence-corrected chi connectivity index (χ0v) is 18.8. The van der Waals surface area contributed by atoms with E-state index in [-0.39, 0.29) is 11.7 Å². The Bertz CT molecular complexity index is 875. The van der Waals surface area contributed by atoms with Gasteiger partial charge in [-0.15, -0.1) is 11.8 Å². The Balaban J connectivity index is 0.000000285. The van der Waals surface area contributed by atoms with Crippen molar-refractivity contribution in [3.63, 3.8) is 0 Å². The molecule has 0 spiro atoms. The zero-order chi connectivity index (χ0) is 22.5. The maximum Gasteiger partial charge on any atom is 0.174 e. The number of pyridine rings is 1. The van der Waals surface area contributed by atoms with Gasteiger partial charge in [0.15, 0.2) is 12.1 Å². The van der Waals surface area contributed by atoms with E-state index in [0.29, 0.717) is 35.3 Å². The Kier molecular flexibility index (Phi) is 10.9. The molecule has 2 aromatic heterocycles. The molecule has 0 atom stereocenters. The number of furan rings is 1. The van der Waals surface area contributed by atoms with Crippen LogP contribution in [0.4, 0.5) is 0 Å². The normalized spacial score (nSPS) is 14.8. The van der Waals surface area contributed by atoms with E-state index in [2.05, 4.69) is 22.0 Å². The van der Waals surface area contributed by atoms with Gasteiger partial charge in [0, 0.05) is 48.5 Å². The molecule has 3 heterocycles. The van der Waals surface area contributed by atoms with E-state index < -0.39 is 0 Å². The van der Waals surface area contributed by atoms with Crippen molar-refractivity contribution in [1.82, 2.24) is 10.3 Å². The van der Waals surface area contributed by atoms with Crippen molar-refractivity contribution in [1.29, 1.82) is 0 Å². The third kappa shape index (κ3) is 7.57. The van der Waals surface area contributed by atoms with E-state index in [1.165, 1.54) is 11.8 Å². The van der Waals surface area contributed by atoms with Crippen LogP contribution in [0.3, 0.4) is 0 Å². The fourth-order valence-electron chi connectivity index (χ4n) is 3.00. The van der Waals surface area contributed by atoms with Crippen LogP contribution in [0.2, 0.25) is 0 Å². The van der Waals surface area contributed by atoms with Crippen LogP contribution in [0.15, 0.2) is 51.4 Å². The summed E-state index contributed by atoms with van der Waals surface area (Å²) in [5, 5.41) is 3.05. The molecule has 0 bridgehead atoms. The summed E-state index contributed by atoms with van der Waals surface area (Å²) < 4.78 is 10.4. The number of ether oxygens (including phenoxy) is 1. The van der Waals surface area contributed by atoms with E-state index in [0.717, 1.165) is 36.7 Å². The SMILES string of the molecule is C=N/C(=C(\SCNC)C(=O)C1CCOCC1)c1ccoc1.CCc1cncc(C=O)c1. The van der Waals surface area contributed by atoms with Gasteiger partial charge in [-0.2, -0.15) is 0 Å². The first-order chi connectivity index (χ1) is 15.1. The van der Waals surface area contributed by atoms with Crippen molar-refractivity contribution in [3.05, 3.63) is 58.6 Å². The van der Waals surface area contributed by atoms with Crippen LogP contribution < -0.4 is 5.32 Å². The van der Waals surface area contributed by atoms with Crippen molar-refractivity contribution in [2.24, 2.45) is 10.9 Å². The first kappa shape index (κ1) is 24.7. The fourth-order valence-corrected chi connectivity index (χ4v) is 3.92. The van der Waals surface area contributed by atoms with Crippen LogP contribution in [-0.2, 0) is 16.0 Å². The zero-order valence-electron chi connectivity index (χ0n) is 18.0. The molecule has 1 aliphatic heterocycles. The Hall–Kier alpha value is -2.55. The lowest BCUT2D eigenvalue weighted by atomic mass is 9.94. The number of aliphatic imine (C=N–C) groups is 1. The maximum absolute atomic E-state index is 12.8. The lowest BCUT2D eigenvalue weighted by Gasteiger charge is -2.22. The second kappa shape index (κ2) is 13.7. The van der Waals surface area contributed by atoms with Gasteiger partial charge in [-0.3, -0.25) is 19.6 Å². The summed E-state index contributed by atoms with van der Waals surface area (Å²) >= 11 is 1.46. The monoisotopic (exact) mass is 443 g/mol. The smallest absolute Gasteiger partial charge is 0.174 e. The number of nitrogens with one attached hydrogen (secondary N) is 1. The molecule has 0 saturated carbocycles. The van der Waals surface area contributed by atoms with Crippen molar-refractivity contribution in [3.8, 4) is 0 Å². The molecule has 0 amide bonds. The molecule has 0 radical (unpaired) electrons. The number of thioether (sulfide) groups is 1. The molecule has 8 heteroatoms. The summed E-state index contributed by atoms with van der Waals surface area (Å²) in [5.41, 5.74) is 3.13. The summed E-state index contributed by atoms with van der Waals surface area (Å²) in [6, 6.07) is 3.64. The summed E-state index contributed by atoms with van der Waals surface area (Å²) in [7, 11) is 1.85. The Labute approximate surface area is 187 Å². The second-order valence-corrected chi connectivity index (χ2v) is 7.82. The predicted molar refractivity (Wildman–Crippen MR) is 124 cm³/mol. The molecule has 1 N–H and O–H groups in total. The number of rotatable bonds is 9. The number of hydrogen-bond donors (Lipinski definition) is 1. The quantitative estimate of drug-likeness (QED) is 0.271. The Morgan fingerprint density at radius 3 is 2.74 bits per heavy atom. The van der Waals surface area contributed by atoms with Crippen LogP contribution in [0, 0.1) is 5.92 Å². The summed E-state index contributed by atoms with van der Waals surface area (Å²) in [4.78, 5) is 31.7. The number of hydrogen-bond acceptors (Lipinski definition) is 8. The number of aldehydes is 1. The van der Waals surface area contributed by atoms with Gasteiger partial charge >= 0.3 is 0 Å². The number of aromatic nitrogens is 1. The standard InChI is InChI=1S/C15H20N2O3S.C8H9NO/c1-16-10-21-15(13(17-2)12-5-8-20-9-12)14(18)11-3-6-19-7-4-11;1-2-7-3-8(6-10)5-9-4-7/h5,8-9,11,16H,2-4,6-7,10H2,1H3;3-6H,2H2,1H3/b15-13-;. The molecule has 1 aliphatic rings. The summed E-state index contributed by atoms with van der Waals surface area (Å²) in [6.45, 7) is 6.93. The van der Waals surface area contributed by atoms with Crippen molar-refractivity contribution in [2.45, 2.75) is 26.2 Å². The molecule has 2 aromatic rings. The number of aryl methyl sites for hydroxylation is 1. The van der Waals surface area contributed by atoms with Gasteiger partial charge in [0.05, 0.1) is 23.1 Å². The van der Waals surface area contributed by atoms with E-state index in [9.17, 15) is 9.59 Å². The molecule has 0 aromatic carbocycles. The van der Waals surface area contributed by atoms with Gasteiger partial charge in [-0.05, 0) is 50.7 Å². The molecule has 3 rings (SSSR count). The Morgan fingerprint density at radius 2 is 2.16 bits per heavy atom. The number of carbonyl (C=O) groups is 2. The molecule has 7 nitrogen and oxygen atoms in total. The largest absolute Gasteiger partial charge is 0.472 e. The molecule has 0 unspecified atom stereocenters. The third-order valence-corrected chi connectivity index (χ3v) is 5.82. The number of carbonyl (C=O) groups excluding carboxylic acids is 2. The van der Waals surface area contributed by atoms with Crippen LogP contribution in [0.1, 0.15) is 41.3 Å². The highest BCUT2D eigenvalue weighted by Crippen LogP contribution is 2.33. The minimum Gasteiger partial charge on any atom is -0.472 e. The molecule has 166 valence electrons. The van der Waals surface area contributed by atoms with Crippen LogP contribution in [0.5, 0.6) is 0 Å². The topological polar surface area (TPSA) is 93.8 Å². The van der Waals surface area contributed by atoms with Gasteiger partial charge in [0.2, 0.25) is 0 Å². The van der Waals surface area contributed by atoms with E-state index in [1.807, 2.05) is 20.0 Å². The first-order valence-corrected chi connectivity index (χ1v) is 11.1. The van der Waals surface area contributed by atoms with Crippen molar-refractivity contribution in [2.75, 3.05) is 26.1 Å². The average molecular weight is 444 g/mol. The lowest BCUT2D eigenvalue weighted by Crippen LogP contribution is -2.25. The molecular formula is C23H29N3O4S. The lowest BCUT2D eigenvalue weighted by molar-refractivity contribution is -0.121. The fraction of sp³-hybridized carbons (Fsp3) is 0.391. The van der Waals surface area contributed by atoms with Gasteiger partial charge in [0.25, 0.3) is 0 Å². The van der Waals surface area contributed by atoms with Crippen LogP contribution in [0.25, 0.3) is 5.70 Å². The number of allylic oxidation sites excluding steroid dienone is 1. The Morgan fingerprint density at radius 1 is 1.39 bits per heavy atom. The van der Waals surface area contributed by atoms with E-state index in [4.69, 9.17) is 9.15 Å². The summed E-state index contributed by atoms with van der Waals surface area (Å²) in [5.74, 6) is 0.769. The molecular weight excluding hydrogens is 414 g/mol. The predicted octanol–water partition coefficient (Wildman–Crippen LogP) is 4.01. The van der Waals surface area contributed by atoms with Gasteiger partial charge < -0.3 is 14.5 Å². The maximum atomic E-state index is 12.8. The number of ketones is 1. The highest BCUT2D eigenvalue weighted by atomic mass is 32.2. The van der Waals surface area contributed by atoms with E-state index >= 15 is 0 Å². The number of nitrogens with zero attached hydrogens (tertiary/aromatic N) is 2. The number of Topliss-reactive ketones (excluding diaryl/α,β-unsaturated/α-hetero) is 1. The molecule has 1 saturated heterocycles. The minimum absolute atomic E-state index is 0.00163. The van der Waals surface area contributed by atoms with Gasteiger partial charge in [0.1, 0.15) is 0 Å². The van der Waals surface area contributed by atoms with Crippen LogP contribution >= 0.6 is 11.8 Å². The highest BCUT2D eigenvalue weighted by Gasteiger charge is 2.27. The van der Waals surface area contributed by atoms with Gasteiger partial charge in [-0.25, -0.2) is 0 Å². The molecule has 1 fully saturated rings. The second-order valence-electron chi connectivity index (χ2n) is 6.84. The van der Waals surface area contributed by atoms with E-state index in [1.54, 1.807) is 31.0 Å². The molecule has 31 heavy (non-hydrogen) atoms. The minimum atomic E-state index is 0.00163. The first-order valence-electron chi connectivity index (χ1n) is 10.2. The average Bonchev–Trinajstić information content (AvgIpc) is 3.37. The van der Waals surface area contributed by atoms with Crippen molar-refractivity contribution >= 4 is 36.2 Å². The third-order valence-electron chi connectivity index (χ3n) is 4.70.